The second-order valence-corrected chi connectivity index (χ2v) is 7.37. The summed E-state index contributed by atoms with van der Waals surface area (Å²) in [4.78, 5) is 29.1. The molecule has 1 aliphatic heterocycles. The van der Waals surface area contributed by atoms with E-state index in [1.165, 1.54) is 14.2 Å². The zero-order valence-electron chi connectivity index (χ0n) is 17.4. The fourth-order valence-electron chi connectivity index (χ4n) is 3.49. The number of para-hydroxylation sites is 1. The maximum absolute atomic E-state index is 13.0. The average Bonchev–Trinajstić information content (AvgIpc) is 2.78. The van der Waals surface area contributed by atoms with E-state index in [2.05, 4.69) is 0 Å². The second kappa shape index (κ2) is 9.67. The summed E-state index contributed by atoms with van der Waals surface area (Å²) < 4.78 is 10.7. The molecule has 3 rings (SSSR count). The van der Waals surface area contributed by atoms with Crippen LogP contribution in [0.5, 0.6) is 11.5 Å². The lowest BCUT2D eigenvalue weighted by molar-refractivity contribution is -0.127. The van der Waals surface area contributed by atoms with E-state index in [0.717, 1.165) is 11.1 Å². The summed E-state index contributed by atoms with van der Waals surface area (Å²) in [6.45, 7) is 3.69. The molecule has 0 atom stereocenters. The molecular weight excluding hydrogens is 404 g/mol. The standard InChI is InChI=1S/C23H25ClN2O4/c1-16(17-7-4-5-9-19(17)24)15-21(27)25-11-13-26(14-12-25)23(28)18-8-6-10-20(29-2)22(18)30-3/h4-10,15H,11-14H2,1-3H3/b16-15-. The van der Waals surface area contributed by atoms with Crippen LogP contribution in [-0.4, -0.2) is 62.0 Å². The third-order valence-corrected chi connectivity index (χ3v) is 5.48. The molecule has 6 nitrogen and oxygen atoms in total. The van der Waals surface area contributed by atoms with Crippen LogP contribution in [0, 0.1) is 0 Å². The minimum Gasteiger partial charge on any atom is -0.493 e. The SMILES string of the molecule is COc1cccc(C(=O)N2CCN(C(=O)/C=C(/C)c3ccccc3Cl)CC2)c1OC. The summed E-state index contributed by atoms with van der Waals surface area (Å²) in [5.41, 5.74) is 2.10. The molecule has 0 radical (unpaired) electrons. The Morgan fingerprint density at radius 2 is 1.53 bits per heavy atom. The second-order valence-electron chi connectivity index (χ2n) is 6.97. The van der Waals surface area contributed by atoms with Gasteiger partial charge in [-0.2, -0.15) is 0 Å². The van der Waals surface area contributed by atoms with Crippen molar-refractivity contribution in [3.63, 3.8) is 0 Å². The van der Waals surface area contributed by atoms with Crippen molar-refractivity contribution in [1.82, 2.24) is 9.80 Å². The fourth-order valence-corrected chi connectivity index (χ4v) is 3.78. The molecule has 2 aromatic rings. The lowest BCUT2D eigenvalue weighted by atomic mass is 10.1. The number of benzene rings is 2. The van der Waals surface area contributed by atoms with Crippen molar-refractivity contribution in [1.29, 1.82) is 0 Å². The Morgan fingerprint density at radius 1 is 0.900 bits per heavy atom. The summed E-state index contributed by atoms with van der Waals surface area (Å²) >= 11 is 6.22. The van der Waals surface area contributed by atoms with Gasteiger partial charge in [-0.15, -0.1) is 0 Å². The number of carbonyl (C=O) groups excluding carboxylic acids is 2. The van der Waals surface area contributed by atoms with Crippen LogP contribution >= 0.6 is 11.6 Å². The Bertz CT molecular complexity index is 965. The number of ether oxygens (including phenoxy) is 2. The lowest BCUT2D eigenvalue weighted by Gasteiger charge is -2.34. The number of allylic oxidation sites excluding steroid dienone is 1. The van der Waals surface area contributed by atoms with Gasteiger partial charge in [0.05, 0.1) is 19.8 Å². The number of hydrogen-bond acceptors (Lipinski definition) is 4. The van der Waals surface area contributed by atoms with E-state index in [1.54, 1.807) is 40.1 Å². The van der Waals surface area contributed by atoms with Crippen LogP contribution in [0.2, 0.25) is 5.02 Å². The number of nitrogens with zero attached hydrogens (tertiary/aromatic N) is 2. The average molecular weight is 429 g/mol. The number of halogens is 1. The van der Waals surface area contributed by atoms with Gasteiger partial charge in [0.25, 0.3) is 5.91 Å². The monoisotopic (exact) mass is 428 g/mol. The van der Waals surface area contributed by atoms with Crippen LogP contribution in [0.1, 0.15) is 22.8 Å². The first-order chi connectivity index (χ1) is 14.5. The predicted molar refractivity (Wildman–Crippen MR) is 117 cm³/mol. The van der Waals surface area contributed by atoms with E-state index in [-0.39, 0.29) is 11.8 Å². The fraction of sp³-hybridized carbons (Fsp3) is 0.304. The molecule has 0 unspecified atom stereocenters. The van der Waals surface area contributed by atoms with Gasteiger partial charge in [0, 0.05) is 37.3 Å². The van der Waals surface area contributed by atoms with Crippen molar-refractivity contribution in [2.24, 2.45) is 0 Å². The Kier molecular flexibility index (Phi) is 7.00. The third kappa shape index (κ3) is 4.60. The summed E-state index contributed by atoms with van der Waals surface area (Å²) in [6.07, 6.45) is 1.60. The third-order valence-electron chi connectivity index (χ3n) is 5.15. The number of hydrogen-bond donors (Lipinski definition) is 0. The van der Waals surface area contributed by atoms with Crippen LogP contribution in [0.4, 0.5) is 0 Å². The highest BCUT2D eigenvalue weighted by Gasteiger charge is 2.27. The number of rotatable bonds is 5. The smallest absolute Gasteiger partial charge is 0.257 e. The van der Waals surface area contributed by atoms with Gasteiger partial charge in [0.15, 0.2) is 11.5 Å². The largest absolute Gasteiger partial charge is 0.493 e. The van der Waals surface area contributed by atoms with Gasteiger partial charge in [-0.1, -0.05) is 35.9 Å². The summed E-state index contributed by atoms with van der Waals surface area (Å²) in [7, 11) is 3.05. The minimum absolute atomic E-state index is 0.0847. The predicted octanol–water partition coefficient (Wildman–Crippen LogP) is 3.75. The van der Waals surface area contributed by atoms with E-state index in [0.29, 0.717) is 48.3 Å². The first-order valence-corrected chi connectivity index (χ1v) is 10.1. The first-order valence-electron chi connectivity index (χ1n) is 9.68. The van der Waals surface area contributed by atoms with Crippen molar-refractivity contribution < 1.29 is 19.1 Å². The van der Waals surface area contributed by atoms with Crippen molar-refractivity contribution in [2.45, 2.75) is 6.92 Å². The normalized spacial score (nSPS) is 14.5. The van der Waals surface area contributed by atoms with Gasteiger partial charge in [0.1, 0.15) is 0 Å². The van der Waals surface area contributed by atoms with E-state index in [4.69, 9.17) is 21.1 Å². The van der Waals surface area contributed by atoms with Crippen LogP contribution < -0.4 is 9.47 Å². The molecule has 1 aliphatic rings. The number of methoxy groups -OCH3 is 2. The minimum atomic E-state index is -0.138. The van der Waals surface area contributed by atoms with Crippen LogP contribution in [0.15, 0.2) is 48.5 Å². The highest BCUT2D eigenvalue weighted by atomic mass is 35.5. The van der Waals surface area contributed by atoms with Gasteiger partial charge in [-0.25, -0.2) is 0 Å². The van der Waals surface area contributed by atoms with E-state index in [9.17, 15) is 9.59 Å². The van der Waals surface area contributed by atoms with Gasteiger partial charge >= 0.3 is 0 Å². The topological polar surface area (TPSA) is 59.1 Å². The molecule has 0 aliphatic carbocycles. The van der Waals surface area contributed by atoms with Gasteiger partial charge in [-0.3, -0.25) is 9.59 Å². The van der Waals surface area contributed by atoms with Crippen molar-refractivity contribution in [3.8, 4) is 11.5 Å². The zero-order chi connectivity index (χ0) is 21.7. The Balaban J connectivity index is 1.66. The Hall–Kier alpha value is -2.99. The van der Waals surface area contributed by atoms with E-state index >= 15 is 0 Å². The maximum atomic E-state index is 13.0. The Labute approximate surface area is 181 Å². The van der Waals surface area contributed by atoms with Crippen LogP contribution in [0.25, 0.3) is 5.57 Å². The molecule has 0 saturated carbocycles. The van der Waals surface area contributed by atoms with E-state index < -0.39 is 0 Å². The molecule has 1 fully saturated rings. The van der Waals surface area contributed by atoms with Crippen LogP contribution in [0.3, 0.4) is 0 Å². The first kappa shape index (κ1) is 21.7. The van der Waals surface area contributed by atoms with Crippen molar-refractivity contribution in [2.75, 3.05) is 40.4 Å². The molecule has 30 heavy (non-hydrogen) atoms. The molecule has 0 N–H and O–H groups in total. The molecule has 1 heterocycles. The summed E-state index contributed by atoms with van der Waals surface area (Å²) in [5, 5.41) is 0.613. The quantitative estimate of drug-likeness (QED) is 0.680. The molecule has 158 valence electrons. The molecule has 7 heteroatoms. The maximum Gasteiger partial charge on any atom is 0.257 e. The van der Waals surface area contributed by atoms with Gasteiger partial charge in [0.2, 0.25) is 5.91 Å². The molecule has 0 aromatic heterocycles. The summed E-state index contributed by atoms with van der Waals surface area (Å²) in [6, 6.07) is 12.7. The Morgan fingerprint density at radius 3 is 2.17 bits per heavy atom. The van der Waals surface area contributed by atoms with Crippen LogP contribution in [-0.2, 0) is 4.79 Å². The van der Waals surface area contributed by atoms with Crippen molar-refractivity contribution in [3.05, 3.63) is 64.7 Å². The molecule has 1 saturated heterocycles. The van der Waals surface area contributed by atoms with E-state index in [1.807, 2.05) is 25.1 Å². The molecule has 2 aromatic carbocycles. The van der Waals surface area contributed by atoms with Gasteiger partial charge in [-0.05, 0) is 36.3 Å². The molecule has 0 bridgehead atoms. The number of amides is 2. The highest BCUT2D eigenvalue weighted by Crippen LogP contribution is 2.31. The number of carbonyl (C=O) groups is 2. The zero-order valence-corrected chi connectivity index (χ0v) is 18.1. The van der Waals surface area contributed by atoms with Gasteiger partial charge < -0.3 is 19.3 Å². The van der Waals surface area contributed by atoms with Crippen molar-refractivity contribution >= 4 is 29.0 Å². The molecule has 2 amide bonds. The lowest BCUT2D eigenvalue weighted by Crippen LogP contribution is -2.50. The molecular formula is C23H25ClN2O4. The number of piperazine rings is 1. The summed E-state index contributed by atoms with van der Waals surface area (Å²) in [5.74, 6) is 0.707. The highest BCUT2D eigenvalue weighted by molar-refractivity contribution is 6.32. The molecule has 0 spiro atoms.